The molecule has 0 heterocycles. The maximum atomic E-state index is 5.59. The van der Waals surface area contributed by atoms with Crippen LogP contribution in [-0.4, -0.2) is 6.61 Å². The Morgan fingerprint density at radius 3 is 2.25 bits per heavy atom. The summed E-state index contributed by atoms with van der Waals surface area (Å²) in [5.74, 6) is 0.931. The number of ether oxygens (including phenoxy) is 1. The standard InChI is InChI=1S/C18H23NO/c1-4-13-20-18-11-9-17(10-12-18)19-15(3)16-7-5-14(2)6-8-16/h5-12,15,19H,4,13H2,1-3H3. The van der Waals surface area contributed by atoms with Crippen LogP contribution in [0.3, 0.4) is 0 Å². The van der Waals surface area contributed by atoms with Crippen LogP contribution in [0.4, 0.5) is 5.69 Å². The molecule has 1 N–H and O–H groups in total. The number of aryl methyl sites for hydroxylation is 1. The van der Waals surface area contributed by atoms with Crippen LogP contribution < -0.4 is 10.1 Å². The second-order valence-electron chi connectivity index (χ2n) is 5.15. The van der Waals surface area contributed by atoms with Gasteiger partial charge in [-0.15, -0.1) is 0 Å². The van der Waals surface area contributed by atoms with Crippen molar-refractivity contribution in [3.8, 4) is 5.75 Å². The lowest BCUT2D eigenvalue weighted by atomic mass is 10.1. The number of rotatable bonds is 6. The molecule has 1 unspecified atom stereocenters. The molecule has 0 aromatic heterocycles. The van der Waals surface area contributed by atoms with Crippen molar-refractivity contribution in [3.05, 3.63) is 59.7 Å². The first kappa shape index (κ1) is 14.4. The Morgan fingerprint density at radius 1 is 1.00 bits per heavy atom. The van der Waals surface area contributed by atoms with Gasteiger partial charge in [-0.2, -0.15) is 0 Å². The first-order chi connectivity index (χ1) is 9.69. The van der Waals surface area contributed by atoms with Gasteiger partial charge in [-0.1, -0.05) is 36.8 Å². The van der Waals surface area contributed by atoms with Crippen molar-refractivity contribution in [2.75, 3.05) is 11.9 Å². The zero-order valence-corrected chi connectivity index (χ0v) is 12.5. The molecule has 0 bridgehead atoms. The Kier molecular flexibility index (Phi) is 5.05. The van der Waals surface area contributed by atoms with Crippen molar-refractivity contribution >= 4 is 5.69 Å². The summed E-state index contributed by atoms with van der Waals surface area (Å²) in [6.07, 6.45) is 1.03. The lowest BCUT2D eigenvalue weighted by Gasteiger charge is -2.16. The van der Waals surface area contributed by atoms with Crippen LogP contribution in [0, 0.1) is 6.92 Å². The molecule has 0 saturated heterocycles. The fourth-order valence-corrected chi connectivity index (χ4v) is 2.06. The zero-order chi connectivity index (χ0) is 14.4. The van der Waals surface area contributed by atoms with E-state index in [1.807, 2.05) is 12.1 Å². The third-order valence-electron chi connectivity index (χ3n) is 3.29. The highest BCUT2D eigenvalue weighted by Crippen LogP contribution is 2.22. The average molecular weight is 269 g/mol. The summed E-state index contributed by atoms with van der Waals surface area (Å²) < 4.78 is 5.59. The van der Waals surface area contributed by atoms with Crippen LogP contribution in [0.5, 0.6) is 5.75 Å². The van der Waals surface area contributed by atoms with Crippen LogP contribution in [0.15, 0.2) is 48.5 Å². The number of benzene rings is 2. The predicted molar refractivity (Wildman–Crippen MR) is 85.4 cm³/mol. The van der Waals surface area contributed by atoms with Gasteiger partial charge < -0.3 is 10.1 Å². The summed E-state index contributed by atoms with van der Waals surface area (Å²) >= 11 is 0. The molecule has 2 heteroatoms. The Balaban J connectivity index is 1.97. The van der Waals surface area contributed by atoms with E-state index in [0.717, 1.165) is 24.5 Å². The topological polar surface area (TPSA) is 21.3 Å². The normalized spacial score (nSPS) is 11.9. The summed E-state index contributed by atoms with van der Waals surface area (Å²) in [6.45, 7) is 7.16. The van der Waals surface area contributed by atoms with Crippen LogP contribution >= 0.6 is 0 Å². The molecule has 0 spiro atoms. The van der Waals surface area contributed by atoms with Crippen molar-refractivity contribution in [1.82, 2.24) is 0 Å². The maximum Gasteiger partial charge on any atom is 0.119 e. The van der Waals surface area contributed by atoms with Crippen LogP contribution in [-0.2, 0) is 0 Å². The summed E-state index contributed by atoms with van der Waals surface area (Å²) in [5.41, 5.74) is 3.70. The van der Waals surface area contributed by atoms with E-state index in [0.29, 0.717) is 0 Å². The van der Waals surface area contributed by atoms with Gasteiger partial charge in [0.2, 0.25) is 0 Å². The van der Waals surface area contributed by atoms with Crippen LogP contribution in [0.2, 0.25) is 0 Å². The van der Waals surface area contributed by atoms with Crippen molar-refractivity contribution in [1.29, 1.82) is 0 Å². The van der Waals surface area contributed by atoms with Crippen molar-refractivity contribution < 1.29 is 4.74 Å². The Labute approximate surface area is 121 Å². The highest BCUT2D eigenvalue weighted by Gasteiger charge is 2.05. The Hall–Kier alpha value is -1.96. The molecule has 0 saturated carbocycles. The lowest BCUT2D eigenvalue weighted by Crippen LogP contribution is -2.06. The molecule has 2 aromatic carbocycles. The number of hydrogen-bond acceptors (Lipinski definition) is 2. The zero-order valence-electron chi connectivity index (χ0n) is 12.5. The summed E-state index contributed by atoms with van der Waals surface area (Å²) in [7, 11) is 0. The maximum absolute atomic E-state index is 5.59. The summed E-state index contributed by atoms with van der Waals surface area (Å²) in [6, 6.07) is 17.1. The molecule has 106 valence electrons. The first-order valence-corrected chi connectivity index (χ1v) is 7.25. The van der Waals surface area contributed by atoms with E-state index in [4.69, 9.17) is 4.74 Å². The lowest BCUT2D eigenvalue weighted by molar-refractivity contribution is 0.317. The monoisotopic (exact) mass is 269 g/mol. The summed E-state index contributed by atoms with van der Waals surface area (Å²) in [5, 5.41) is 3.51. The predicted octanol–water partition coefficient (Wildman–Crippen LogP) is 4.96. The van der Waals surface area contributed by atoms with Crippen LogP contribution in [0.1, 0.15) is 37.4 Å². The number of anilines is 1. The fourth-order valence-electron chi connectivity index (χ4n) is 2.06. The van der Waals surface area contributed by atoms with Crippen molar-refractivity contribution in [3.63, 3.8) is 0 Å². The fraction of sp³-hybridized carbons (Fsp3) is 0.333. The molecule has 1 atom stereocenters. The van der Waals surface area contributed by atoms with Crippen LogP contribution in [0.25, 0.3) is 0 Å². The van der Waals surface area contributed by atoms with Gasteiger partial charge in [-0.25, -0.2) is 0 Å². The quantitative estimate of drug-likeness (QED) is 0.800. The molecule has 20 heavy (non-hydrogen) atoms. The third kappa shape index (κ3) is 4.02. The highest BCUT2D eigenvalue weighted by molar-refractivity contribution is 5.48. The van der Waals surface area contributed by atoms with Gasteiger partial charge in [-0.05, 0) is 50.1 Å². The van der Waals surface area contributed by atoms with E-state index in [1.165, 1.54) is 11.1 Å². The minimum absolute atomic E-state index is 0.290. The molecular formula is C18H23NO. The van der Waals surface area contributed by atoms with Gasteiger partial charge in [0, 0.05) is 11.7 Å². The third-order valence-corrected chi connectivity index (χ3v) is 3.29. The molecular weight excluding hydrogens is 246 g/mol. The minimum Gasteiger partial charge on any atom is -0.494 e. The second kappa shape index (κ2) is 6.99. The van der Waals surface area contributed by atoms with Gasteiger partial charge >= 0.3 is 0 Å². The molecule has 0 aliphatic rings. The van der Waals surface area contributed by atoms with E-state index < -0.39 is 0 Å². The molecule has 2 rings (SSSR count). The number of nitrogens with one attached hydrogen (secondary N) is 1. The largest absolute Gasteiger partial charge is 0.494 e. The Bertz CT molecular complexity index is 516. The van der Waals surface area contributed by atoms with E-state index >= 15 is 0 Å². The van der Waals surface area contributed by atoms with Gasteiger partial charge in [0.15, 0.2) is 0 Å². The van der Waals surface area contributed by atoms with E-state index in [-0.39, 0.29) is 6.04 Å². The van der Waals surface area contributed by atoms with Gasteiger partial charge in [-0.3, -0.25) is 0 Å². The molecule has 0 radical (unpaired) electrons. The van der Waals surface area contributed by atoms with E-state index in [2.05, 4.69) is 62.5 Å². The molecule has 0 aliphatic heterocycles. The van der Waals surface area contributed by atoms with Gasteiger partial charge in [0.25, 0.3) is 0 Å². The molecule has 2 nitrogen and oxygen atoms in total. The van der Waals surface area contributed by atoms with E-state index in [9.17, 15) is 0 Å². The molecule has 2 aromatic rings. The van der Waals surface area contributed by atoms with E-state index in [1.54, 1.807) is 0 Å². The smallest absolute Gasteiger partial charge is 0.119 e. The molecule has 0 aliphatic carbocycles. The summed E-state index contributed by atoms with van der Waals surface area (Å²) in [4.78, 5) is 0. The first-order valence-electron chi connectivity index (χ1n) is 7.25. The average Bonchev–Trinajstić information content (AvgIpc) is 2.47. The van der Waals surface area contributed by atoms with Gasteiger partial charge in [0.1, 0.15) is 5.75 Å². The highest BCUT2D eigenvalue weighted by atomic mass is 16.5. The second-order valence-corrected chi connectivity index (χ2v) is 5.15. The van der Waals surface area contributed by atoms with Gasteiger partial charge in [0.05, 0.1) is 6.61 Å². The molecule has 0 fully saturated rings. The van der Waals surface area contributed by atoms with Crippen molar-refractivity contribution in [2.24, 2.45) is 0 Å². The SMILES string of the molecule is CCCOc1ccc(NC(C)c2ccc(C)cc2)cc1. The Morgan fingerprint density at radius 2 is 1.65 bits per heavy atom. The van der Waals surface area contributed by atoms with Crippen molar-refractivity contribution in [2.45, 2.75) is 33.2 Å². The number of hydrogen-bond donors (Lipinski definition) is 1. The molecule has 0 amide bonds. The minimum atomic E-state index is 0.290.